The van der Waals surface area contributed by atoms with Gasteiger partial charge in [-0.3, -0.25) is 0 Å². The Bertz CT molecular complexity index is 215. The fourth-order valence-corrected chi connectivity index (χ4v) is 0.547. The Labute approximate surface area is 53.3 Å². The van der Waals surface area contributed by atoms with Crippen LogP contribution in [0.2, 0.25) is 0 Å². The van der Waals surface area contributed by atoms with Crippen LogP contribution in [0.15, 0.2) is 10.7 Å². The van der Waals surface area contributed by atoms with E-state index in [1.54, 1.807) is 0 Å². The zero-order valence-electron chi connectivity index (χ0n) is 5.46. The molecule has 1 aromatic heterocycles. The van der Waals surface area contributed by atoms with Crippen LogP contribution >= 0.6 is 0 Å². The standard InChI is InChI=1S/C6H8N2O/c1-3-4-6-5(2)7-9-8-6/h3-4H,1-2H3. The highest BCUT2D eigenvalue weighted by Gasteiger charge is 1.97. The first-order valence-corrected chi connectivity index (χ1v) is 2.76. The molecule has 0 spiro atoms. The first kappa shape index (κ1) is 6.01. The van der Waals surface area contributed by atoms with Crippen molar-refractivity contribution in [2.24, 2.45) is 0 Å². The molecule has 0 aliphatic rings. The first-order valence-electron chi connectivity index (χ1n) is 2.76. The van der Waals surface area contributed by atoms with E-state index in [2.05, 4.69) is 14.9 Å². The SMILES string of the molecule is CC=Cc1nonc1C. The molecular formula is C6H8N2O. The van der Waals surface area contributed by atoms with E-state index >= 15 is 0 Å². The summed E-state index contributed by atoms with van der Waals surface area (Å²) in [6.45, 7) is 3.78. The van der Waals surface area contributed by atoms with Gasteiger partial charge in [-0.05, 0) is 19.9 Å². The molecule has 0 aromatic carbocycles. The van der Waals surface area contributed by atoms with E-state index in [4.69, 9.17) is 0 Å². The van der Waals surface area contributed by atoms with Crippen molar-refractivity contribution in [1.82, 2.24) is 10.3 Å². The third-order valence-electron chi connectivity index (χ3n) is 1.01. The van der Waals surface area contributed by atoms with Crippen LogP contribution in [0.1, 0.15) is 18.3 Å². The van der Waals surface area contributed by atoms with E-state index in [1.165, 1.54) is 0 Å². The minimum atomic E-state index is 0.803. The van der Waals surface area contributed by atoms with Gasteiger partial charge in [-0.15, -0.1) is 0 Å². The maximum Gasteiger partial charge on any atom is 0.130 e. The number of aromatic nitrogens is 2. The molecule has 0 fully saturated rings. The summed E-state index contributed by atoms with van der Waals surface area (Å²) in [5, 5.41) is 7.23. The summed E-state index contributed by atoms with van der Waals surface area (Å²) < 4.78 is 4.45. The smallest absolute Gasteiger partial charge is 0.130 e. The molecule has 0 atom stereocenters. The second kappa shape index (κ2) is 2.44. The second-order valence-corrected chi connectivity index (χ2v) is 1.73. The summed E-state index contributed by atoms with van der Waals surface area (Å²) in [5.41, 5.74) is 1.63. The summed E-state index contributed by atoms with van der Waals surface area (Å²) in [4.78, 5) is 0. The van der Waals surface area contributed by atoms with Crippen LogP contribution in [-0.4, -0.2) is 10.3 Å². The third-order valence-corrected chi connectivity index (χ3v) is 1.01. The maximum absolute atomic E-state index is 4.45. The monoisotopic (exact) mass is 124 g/mol. The highest BCUT2D eigenvalue weighted by molar-refractivity contribution is 5.44. The fourth-order valence-electron chi connectivity index (χ4n) is 0.547. The number of hydrogen-bond acceptors (Lipinski definition) is 3. The van der Waals surface area contributed by atoms with E-state index in [1.807, 2.05) is 26.0 Å². The van der Waals surface area contributed by atoms with Gasteiger partial charge in [0.1, 0.15) is 11.4 Å². The molecule has 1 aromatic rings. The molecule has 1 heterocycles. The van der Waals surface area contributed by atoms with Gasteiger partial charge in [-0.25, -0.2) is 4.63 Å². The largest absolute Gasteiger partial charge is 0.244 e. The van der Waals surface area contributed by atoms with Gasteiger partial charge in [-0.1, -0.05) is 16.4 Å². The summed E-state index contributed by atoms with van der Waals surface area (Å²) in [7, 11) is 0. The molecular weight excluding hydrogens is 116 g/mol. The molecule has 3 heteroatoms. The lowest BCUT2D eigenvalue weighted by molar-refractivity contribution is 0.304. The van der Waals surface area contributed by atoms with Crippen LogP contribution in [0, 0.1) is 6.92 Å². The molecule has 0 N–H and O–H groups in total. The van der Waals surface area contributed by atoms with Gasteiger partial charge in [-0.2, -0.15) is 0 Å². The minimum Gasteiger partial charge on any atom is -0.244 e. The van der Waals surface area contributed by atoms with Crippen molar-refractivity contribution < 1.29 is 4.63 Å². The Balaban J connectivity index is 2.94. The van der Waals surface area contributed by atoms with Gasteiger partial charge in [0.15, 0.2) is 0 Å². The van der Waals surface area contributed by atoms with Crippen molar-refractivity contribution in [2.45, 2.75) is 13.8 Å². The zero-order valence-corrected chi connectivity index (χ0v) is 5.46. The molecule has 48 valence electrons. The predicted octanol–water partition coefficient (Wildman–Crippen LogP) is 1.41. The van der Waals surface area contributed by atoms with Crippen LogP contribution in [0.3, 0.4) is 0 Å². The van der Waals surface area contributed by atoms with E-state index in [9.17, 15) is 0 Å². The average molecular weight is 124 g/mol. The van der Waals surface area contributed by atoms with Crippen molar-refractivity contribution in [2.75, 3.05) is 0 Å². The molecule has 1 rings (SSSR count). The highest BCUT2D eigenvalue weighted by Crippen LogP contribution is 2.01. The molecule has 0 aliphatic carbocycles. The molecule has 0 radical (unpaired) electrons. The molecule has 3 nitrogen and oxygen atoms in total. The number of nitrogens with zero attached hydrogens (tertiary/aromatic N) is 2. The van der Waals surface area contributed by atoms with Crippen LogP contribution < -0.4 is 0 Å². The van der Waals surface area contributed by atoms with Crippen molar-refractivity contribution in [3.05, 3.63) is 17.5 Å². The average Bonchev–Trinajstić information content (AvgIpc) is 2.18. The van der Waals surface area contributed by atoms with Gasteiger partial charge in [0.05, 0.1) is 0 Å². The minimum absolute atomic E-state index is 0.803. The molecule has 0 aliphatic heterocycles. The van der Waals surface area contributed by atoms with Crippen molar-refractivity contribution in [3.63, 3.8) is 0 Å². The Morgan fingerprint density at radius 3 is 2.67 bits per heavy atom. The molecule has 0 bridgehead atoms. The summed E-state index contributed by atoms with van der Waals surface area (Å²) >= 11 is 0. The lowest BCUT2D eigenvalue weighted by atomic mass is 10.3. The number of hydrogen-bond donors (Lipinski definition) is 0. The van der Waals surface area contributed by atoms with Crippen molar-refractivity contribution >= 4 is 6.08 Å². The van der Waals surface area contributed by atoms with Crippen LogP contribution in [-0.2, 0) is 0 Å². The Hall–Kier alpha value is -1.12. The van der Waals surface area contributed by atoms with E-state index in [-0.39, 0.29) is 0 Å². The quantitative estimate of drug-likeness (QED) is 0.568. The van der Waals surface area contributed by atoms with Gasteiger partial charge >= 0.3 is 0 Å². The summed E-state index contributed by atoms with van der Waals surface area (Å²) in [6.07, 6.45) is 3.75. The third kappa shape index (κ3) is 1.16. The number of aryl methyl sites for hydroxylation is 1. The first-order chi connectivity index (χ1) is 4.34. The van der Waals surface area contributed by atoms with Crippen LogP contribution in [0.4, 0.5) is 0 Å². The normalized spacial score (nSPS) is 10.9. The maximum atomic E-state index is 4.45. The predicted molar refractivity (Wildman–Crippen MR) is 33.7 cm³/mol. The molecule has 0 saturated carbocycles. The van der Waals surface area contributed by atoms with Crippen LogP contribution in [0.25, 0.3) is 6.08 Å². The van der Waals surface area contributed by atoms with Gasteiger partial charge < -0.3 is 0 Å². The molecule has 9 heavy (non-hydrogen) atoms. The van der Waals surface area contributed by atoms with Gasteiger partial charge in [0.25, 0.3) is 0 Å². The van der Waals surface area contributed by atoms with Crippen LogP contribution in [0.5, 0.6) is 0 Å². The molecule has 0 amide bonds. The van der Waals surface area contributed by atoms with E-state index < -0.39 is 0 Å². The Morgan fingerprint density at radius 1 is 1.44 bits per heavy atom. The lowest BCUT2D eigenvalue weighted by Gasteiger charge is -1.77. The Kier molecular flexibility index (Phi) is 1.63. The molecule has 0 unspecified atom stereocenters. The van der Waals surface area contributed by atoms with Crippen molar-refractivity contribution in [1.29, 1.82) is 0 Å². The second-order valence-electron chi connectivity index (χ2n) is 1.73. The summed E-state index contributed by atoms with van der Waals surface area (Å²) in [5.74, 6) is 0. The van der Waals surface area contributed by atoms with Gasteiger partial charge in [0.2, 0.25) is 0 Å². The van der Waals surface area contributed by atoms with E-state index in [0.717, 1.165) is 11.4 Å². The summed E-state index contributed by atoms with van der Waals surface area (Å²) in [6, 6.07) is 0. The number of allylic oxidation sites excluding steroid dienone is 1. The highest BCUT2D eigenvalue weighted by atomic mass is 16.6. The fraction of sp³-hybridized carbons (Fsp3) is 0.333. The van der Waals surface area contributed by atoms with Crippen molar-refractivity contribution in [3.8, 4) is 0 Å². The Morgan fingerprint density at radius 2 is 2.22 bits per heavy atom. The molecule has 0 saturated heterocycles. The zero-order chi connectivity index (χ0) is 6.69. The topological polar surface area (TPSA) is 38.9 Å². The number of rotatable bonds is 1. The van der Waals surface area contributed by atoms with E-state index in [0.29, 0.717) is 0 Å². The lowest BCUT2D eigenvalue weighted by Crippen LogP contribution is -1.73. The van der Waals surface area contributed by atoms with Gasteiger partial charge in [0, 0.05) is 0 Å².